The highest BCUT2D eigenvalue weighted by Gasteiger charge is 2.27. The van der Waals surface area contributed by atoms with Crippen LogP contribution in [0.1, 0.15) is 83.8 Å². The van der Waals surface area contributed by atoms with Crippen LogP contribution in [0.5, 0.6) is 11.5 Å². The van der Waals surface area contributed by atoms with Crippen LogP contribution in [0.25, 0.3) is 0 Å². The molecular formula is C31H35ClN2O3S. The Balaban J connectivity index is 1.36. The number of fused-ring (bicyclic) bond motifs is 1. The first-order valence-corrected chi connectivity index (χ1v) is 14.9. The predicted molar refractivity (Wildman–Crippen MR) is 156 cm³/mol. The molecule has 38 heavy (non-hydrogen) atoms. The molecule has 200 valence electrons. The molecule has 3 aromatic rings. The minimum absolute atomic E-state index is 0.0433. The maximum atomic E-state index is 13.5. The van der Waals surface area contributed by atoms with Gasteiger partial charge in [0.15, 0.2) is 11.5 Å². The number of nitrogens with zero attached hydrogens (tertiary/aromatic N) is 1. The van der Waals surface area contributed by atoms with Gasteiger partial charge in [-0.15, -0.1) is 11.3 Å². The van der Waals surface area contributed by atoms with Crippen LogP contribution in [0.4, 0.5) is 5.00 Å². The Morgan fingerprint density at radius 3 is 2.68 bits per heavy atom. The molecule has 5 nitrogen and oxygen atoms in total. The van der Waals surface area contributed by atoms with Gasteiger partial charge in [-0.25, -0.2) is 4.99 Å². The fourth-order valence-electron chi connectivity index (χ4n) is 5.28. The van der Waals surface area contributed by atoms with E-state index in [-0.39, 0.29) is 11.9 Å². The molecule has 1 aromatic heterocycles. The Morgan fingerprint density at radius 2 is 1.87 bits per heavy atom. The number of amides is 1. The largest absolute Gasteiger partial charge is 0.490 e. The Morgan fingerprint density at radius 1 is 1.05 bits per heavy atom. The van der Waals surface area contributed by atoms with Gasteiger partial charge in [-0.1, -0.05) is 49.1 Å². The number of hydrogen-bond donors (Lipinski definition) is 1. The third-order valence-corrected chi connectivity index (χ3v) is 8.83. The topological polar surface area (TPSA) is 59.9 Å². The van der Waals surface area contributed by atoms with E-state index in [2.05, 4.69) is 5.32 Å². The number of hydrogen-bond acceptors (Lipinski definition) is 5. The molecule has 1 amide bonds. The summed E-state index contributed by atoms with van der Waals surface area (Å²) in [7, 11) is 0. The zero-order valence-corrected chi connectivity index (χ0v) is 23.5. The van der Waals surface area contributed by atoms with Crippen molar-refractivity contribution in [2.45, 2.75) is 77.4 Å². The highest BCUT2D eigenvalue weighted by Crippen LogP contribution is 2.40. The second-order valence-electron chi connectivity index (χ2n) is 9.98. The summed E-state index contributed by atoms with van der Waals surface area (Å²) in [6.45, 7) is 2.82. The number of rotatable bonds is 9. The van der Waals surface area contributed by atoms with Crippen LogP contribution in [-0.2, 0) is 19.4 Å². The molecule has 0 radical (unpaired) electrons. The molecule has 1 heterocycles. The van der Waals surface area contributed by atoms with Crippen molar-refractivity contribution in [1.82, 2.24) is 5.32 Å². The number of carbonyl (C=O) groups excluding carboxylic acids is 1. The number of aliphatic imine (C=N–C) groups is 1. The summed E-state index contributed by atoms with van der Waals surface area (Å²) in [5.74, 6) is 1.36. The van der Waals surface area contributed by atoms with Gasteiger partial charge in [0.2, 0.25) is 0 Å². The van der Waals surface area contributed by atoms with Gasteiger partial charge in [-0.05, 0) is 80.8 Å². The SMILES string of the molecule is CCOc1cc(/C=N\c2sc3c(c2C(=O)NC2CCCCC2)CCCC3)ccc1OCc1ccccc1Cl. The average Bonchev–Trinajstić information content (AvgIpc) is 3.31. The number of nitrogens with one attached hydrogen (secondary N) is 1. The first-order valence-electron chi connectivity index (χ1n) is 13.7. The van der Waals surface area contributed by atoms with Gasteiger partial charge < -0.3 is 14.8 Å². The number of ether oxygens (including phenoxy) is 2. The van der Waals surface area contributed by atoms with Gasteiger partial charge in [0.05, 0.1) is 12.2 Å². The van der Waals surface area contributed by atoms with Crippen molar-refractivity contribution in [2.24, 2.45) is 4.99 Å². The standard InChI is InChI=1S/C31H35ClN2O3S/c1-2-36-27-18-21(16-17-26(27)37-20-22-10-6-8-14-25(22)32)19-33-31-29(24-13-7-9-15-28(24)38-31)30(35)34-23-11-4-3-5-12-23/h6,8,10,14,16-19,23H,2-5,7,9,11-13,15,20H2,1H3,(H,34,35)/b33-19-. The van der Waals surface area contributed by atoms with E-state index in [1.165, 1.54) is 36.1 Å². The Kier molecular flexibility index (Phi) is 9.02. The van der Waals surface area contributed by atoms with Crippen LogP contribution in [0.3, 0.4) is 0 Å². The summed E-state index contributed by atoms with van der Waals surface area (Å²) < 4.78 is 11.9. The zero-order chi connectivity index (χ0) is 26.3. The lowest BCUT2D eigenvalue weighted by molar-refractivity contribution is 0.0927. The van der Waals surface area contributed by atoms with Crippen molar-refractivity contribution in [1.29, 1.82) is 0 Å². The number of benzene rings is 2. The van der Waals surface area contributed by atoms with Crippen LogP contribution < -0.4 is 14.8 Å². The lowest BCUT2D eigenvalue weighted by Crippen LogP contribution is -2.36. The van der Waals surface area contributed by atoms with E-state index in [9.17, 15) is 4.79 Å². The average molecular weight is 551 g/mol. The van der Waals surface area contributed by atoms with Crippen molar-refractivity contribution in [2.75, 3.05) is 6.61 Å². The third kappa shape index (κ3) is 6.41. The fraction of sp³-hybridized carbons (Fsp3) is 0.419. The predicted octanol–water partition coefficient (Wildman–Crippen LogP) is 8.07. The number of thiophene rings is 1. The maximum Gasteiger partial charge on any atom is 0.254 e. The van der Waals surface area contributed by atoms with Gasteiger partial charge in [0.1, 0.15) is 11.6 Å². The van der Waals surface area contributed by atoms with E-state index in [4.69, 9.17) is 26.1 Å². The maximum absolute atomic E-state index is 13.5. The molecule has 0 spiro atoms. The molecule has 2 aliphatic rings. The van der Waals surface area contributed by atoms with Crippen molar-refractivity contribution in [3.05, 3.63) is 74.6 Å². The third-order valence-electron chi connectivity index (χ3n) is 7.26. The fourth-order valence-corrected chi connectivity index (χ4v) is 6.70. The summed E-state index contributed by atoms with van der Waals surface area (Å²) in [6.07, 6.45) is 11.9. The van der Waals surface area contributed by atoms with E-state index < -0.39 is 0 Å². The first kappa shape index (κ1) is 26.8. The van der Waals surface area contributed by atoms with E-state index >= 15 is 0 Å². The summed E-state index contributed by atoms with van der Waals surface area (Å²) in [5.41, 5.74) is 3.81. The first-order chi connectivity index (χ1) is 18.6. The zero-order valence-electron chi connectivity index (χ0n) is 21.9. The molecule has 0 atom stereocenters. The van der Waals surface area contributed by atoms with Crippen molar-refractivity contribution in [3.8, 4) is 11.5 Å². The summed E-state index contributed by atoms with van der Waals surface area (Å²) in [5, 5.41) is 4.81. The van der Waals surface area contributed by atoms with Crippen LogP contribution in [-0.4, -0.2) is 24.8 Å². The molecular weight excluding hydrogens is 516 g/mol. The highest BCUT2D eigenvalue weighted by atomic mass is 35.5. The van der Waals surface area contributed by atoms with Crippen LogP contribution in [0.2, 0.25) is 5.02 Å². The van der Waals surface area contributed by atoms with E-state index in [1.54, 1.807) is 11.3 Å². The Bertz CT molecular complexity index is 1300. The quantitative estimate of drug-likeness (QED) is 0.274. The van der Waals surface area contributed by atoms with Gasteiger partial charge in [-0.3, -0.25) is 4.79 Å². The van der Waals surface area contributed by atoms with E-state index in [1.807, 2.05) is 55.6 Å². The second kappa shape index (κ2) is 12.8. The molecule has 0 aliphatic heterocycles. The normalized spacial score (nSPS) is 15.8. The summed E-state index contributed by atoms with van der Waals surface area (Å²) >= 11 is 7.96. The second-order valence-corrected chi connectivity index (χ2v) is 11.5. The van der Waals surface area contributed by atoms with Gasteiger partial charge >= 0.3 is 0 Å². The molecule has 0 bridgehead atoms. The number of aryl methyl sites for hydroxylation is 1. The highest BCUT2D eigenvalue weighted by molar-refractivity contribution is 7.16. The summed E-state index contributed by atoms with van der Waals surface area (Å²) in [6, 6.07) is 13.7. The molecule has 1 N–H and O–H groups in total. The van der Waals surface area contributed by atoms with Crippen molar-refractivity contribution in [3.63, 3.8) is 0 Å². The molecule has 1 saturated carbocycles. The van der Waals surface area contributed by atoms with Crippen molar-refractivity contribution >= 4 is 40.1 Å². The molecule has 2 aliphatic carbocycles. The molecule has 1 fully saturated rings. The van der Waals surface area contributed by atoms with Gasteiger partial charge in [-0.2, -0.15) is 0 Å². The molecule has 5 rings (SSSR count). The molecule has 0 saturated heterocycles. The monoisotopic (exact) mass is 550 g/mol. The van der Waals surface area contributed by atoms with E-state index in [0.29, 0.717) is 29.7 Å². The van der Waals surface area contributed by atoms with Gasteiger partial charge in [0.25, 0.3) is 5.91 Å². The molecule has 2 aromatic carbocycles. The Labute approximate surface area is 234 Å². The van der Waals surface area contributed by atoms with Gasteiger partial charge in [0, 0.05) is 27.7 Å². The molecule has 7 heteroatoms. The lowest BCUT2D eigenvalue weighted by atomic mass is 9.93. The van der Waals surface area contributed by atoms with E-state index in [0.717, 1.165) is 53.8 Å². The summed E-state index contributed by atoms with van der Waals surface area (Å²) in [4.78, 5) is 19.6. The van der Waals surface area contributed by atoms with Crippen LogP contribution in [0.15, 0.2) is 47.5 Å². The minimum Gasteiger partial charge on any atom is -0.490 e. The number of carbonyl (C=O) groups is 1. The van der Waals surface area contributed by atoms with Crippen molar-refractivity contribution < 1.29 is 14.3 Å². The smallest absolute Gasteiger partial charge is 0.254 e. The lowest BCUT2D eigenvalue weighted by Gasteiger charge is -2.23. The van der Waals surface area contributed by atoms with Crippen LogP contribution >= 0.6 is 22.9 Å². The Hall–Kier alpha value is -2.83. The number of halogens is 1. The minimum atomic E-state index is 0.0433. The van der Waals surface area contributed by atoms with Crippen LogP contribution in [0, 0.1) is 0 Å². The molecule has 0 unspecified atom stereocenters.